The van der Waals surface area contributed by atoms with Gasteiger partial charge in [0, 0.05) is 0 Å². The summed E-state index contributed by atoms with van der Waals surface area (Å²) in [5, 5.41) is 0. The predicted octanol–water partition coefficient (Wildman–Crippen LogP) is 5.13. The third-order valence-corrected chi connectivity index (χ3v) is 6.88. The van der Waals surface area contributed by atoms with Gasteiger partial charge in [0.15, 0.2) is 0 Å². The number of hydrogen-bond acceptors (Lipinski definition) is 0. The molecule has 0 aliphatic heterocycles. The highest BCUT2D eigenvalue weighted by Crippen LogP contribution is 2.76. The molecule has 0 heterocycles. The van der Waals surface area contributed by atoms with Gasteiger partial charge in [0.25, 0.3) is 0 Å². The van der Waals surface area contributed by atoms with Crippen molar-refractivity contribution in [1.29, 1.82) is 0 Å². The zero-order valence-electron chi connectivity index (χ0n) is 12.1. The van der Waals surface area contributed by atoms with Gasteiger partial charge in [-0.3, -0.25) is 0 Å². The van der Waals surface area contributed by atoms with Gasteiger partial charge < -0.3 is 0 Å². The molecule has 3 aliphatic carbocycles. The van der Waals surface area contributed by atoms with Gasteiger partial charge in [-0.05, 0) is 47.3 Å². The van der Waals surface area contributed by atoms with Crippen molar-refractivity contribution in [2.45, 2.75) is 67.2 Å². The smallest absolute Gasteiger partial charge is 0.0228 e. The van der Waals surface area contributed by atoms with Crippen LogP contribution in [0, 0.1) is 34.5 Å². The zero-order valence-corrected chi connectivity index (χ0v) is 12.1. The molecule has 0 spiro atoms. The Morgan fingerprint density at radius 3 is 2.12 bits per heavy atom. The highest BCUT2D eigenvalue weighted by molar-refractivity contribution is 5.17. The van der Waals surface area contributed by atoms with E-state index in [4.69, 9.17) is 0 Å². The van der Waals surface area contributed by atoms with Gasteiger partial charge in [-0.15, -0.1) is 0 Å². The maximum absolute atomic E-state index is 2.54. The van der Waals surface area contributed by atoms with Crippen LogP contribution in [0.25, 0.3) is 0 Å². The van der Waals surface area contributed by atoms with Crippen LogP contribution in [0.5, 0.6) is 0 Å². The summed E-state index contributed by atoms with van der Waals surface area (Å²) in [5.74, 6) is 3.82. The Bertz CT molecular complexity index is 265. The Hall–Kier alpha value is 0. The molecule has 0 nitrogen and oxygen atoms in total. The molecule has 0 heteroatoms. The van der Waals surface area contributed by atoms with Crippen molar-refractivity contribution in [3.8, 4) is 0 Å². The molecule has 3 fully saturated rings. The van der Waals surface area contributed by atoms with Crippen LogP contribution < -0.4 is 0 Å². The van der Waals surface area contributed by atoms with E-state index < -0.39 is 0 Å². The van der Waals surface area contributed by atoms with Crippen LogP contribution in [0.1, 0.15) is 67.2 Å². The minimum Gasteiger partial charge on any atom is -0.0651 e. The largest absolute Gasteiger partial charge is 0.0651 e. The molecule has 16 heavy (non-hydrogen) atoms. The third kappa shape index (κ3) is 1.28. The lowest BCUT2D eigenvalue weighted by molar-refractivity contribution is -0.0981. The van der Waals surface area contributed by atoms with Crippen molar-refractivity contribution in [1.82, 2.24) is 0 Å². The average molecular weight is 222 g/mol. The van der Waals surface area contributed by atoms with E-state index in [-0.39, 0.29) is 0 Å². The molecule has 0 saturated heterocycles. The van der Waals surface area contributed by atoms with Gasteiger partial charge in [0.05, 0.1) is 0 Å². The molecule has 3 aliphatic rings. The molecular formula is C16H30. The number of hydrogen-bond donors (Lipinski definition) is 0. The minimum absolute atomic E-state index is 0.681. The first-order valence-electron chi connectivity index (χ1n) is 7.42. The third-order valence-electron chi connectivity index (χ3n) is 6.88. The molecule has 2 bridgehead atoms. The van der Waals surface area contributed by atoms with Crippen molar-refractivity contribution in [3.05, 3.63) is 0 Å². The fraction of sp³-hybridized carbons (Fsp3) is 1.00. The lowest BCUT2D eigenvalue weighted by atomic mass is 9.46. The zero-order chi connectivity index (χ0) is 12.1. The summed E-state index contributed by atoms with van der Waals surface area (Å²) in [6, 6.07) is 0. The summed E-state index contributed by atoms with van der Waals surface area (Å²) < 4.78 is 0. The van der Waals surface area contributed by atoms with E-state index in [1.54, 1.807) is 0 Å². The SMILES string of the molecule is CCC(C)C(CC)C12CC(C)C(C)(C1)C2C. The summed E-state index contributed by atoms with van der Waals surface area (Å²) in [6.45, 7) is 14.8. The Kier molecular flexibility index (Phi) is 2.92. The van der Waals surface area contributed by atoms with E-state index >= 15 is 0 Å². The van der Waals surface area contributed by atoms with E-state index in [0.717, 1.165) is 29.1 Å². The number of rotatable bonds is 4. The Balaban J connectivity index is 2.22. The molecule has 3 rings (SSSR count). The van der Waals surface area contributed by atoms with Crippen molar-refractivity contribution < 1.29 is 0 Å². The molecule has 6 atom stereocenters. The van der Waals surface area contributed by atoms with Crippen LogP contribution in [-0.2, 0) is 0 Å². The molecular weight excluding hydrogens is 192 g/mol. The van der Waals surface area contributed by atoms with Crippen LogP contribution in [0.2, 0.25) is 0 Å². The van der Waals surface area contributed by atoms with Gasteiger partial charge >= 0.3 is 0 Å². The Morgan fingerprint density at radius 2 is 1.81 bits per heavy atom. The van der Waals surface area contributed by atoms with Gasteiger partial charge in [-0.2, -0.15) is 0 Å². The maximum Gasteiger partial charge on any atom is -0.0228 e. The van der Waals surface area contributed by atoms with Crippen LogP contribution in [-0.4, -0.2) is 0 Å². The van der Waals surface area contributed by atoms with Crippen molar-refractivity contribution >= 4 is 0 Å². The van der Waals surface area contributed by atoms with Gasteiger partial charge in [0.2, 0.25) is 0 Å². The van der Waals surface area contributed by atoms with Gasteiger partial charge in [-0.1, -0.05) is 54.4 Å². The number of fused-ring (bicyclic) bond motifs is 1. The fourth-order valence-electron chi connectivity index (χ4n) is 5.46. The quantitative estimate of drug-likeness (QED) is 0.618. The highest BCUT2D eigenvalue weighted by atomic mass is 14.7. The lowest BCUT2D eigenvalue weighted by Gasteiger charge is -2.58. The average Bonchev–Trinajstić information content (AvgIpc) is 2.63. The lowest BCUT2D eigenvalue weighted by Crippen LogP contribution is -2.51. The van der Waals surface area contributed by atoms with E-state index in [9.17, 15) is 0 Å². The predicted molar refractivity (Wildman–Crippen MR) is 71.3 cm³/mol. The van der Waals surface area contributed by atoms with Crippen LogP contribution in [0.4, 0.5) is 0 Å². The monoisotopic (exact) mass is 222 g/mol. The van der Waals surface area contributed by atoms with Gasteiger partial charge in [0.1, 0.15) is 0 Å². The summed E-state index contributed by atoms with van der Waals surface area (Å²) in [4.78, 5) is 0. The molecule has 0 N–H and O–H groups in total. The second-order valence-corrected chi connectivity index (χ2v) is 7.14. The van der Waals surface area contributed by atoms with E-state index in [0.29, 0.717) is 5.41 Å². The molecule has 0 aromatic heterocycles. The summed E-state index contributed by atoms with van der Waals surface area (Å²) in [7, 11) is 0. The van der Waals surface area contributed by atoms with Crippen LogP contribution in [0.15, 0.2) is 0 Å². The topological polar surface area (TPSA) is 0 Å². The normalized spacial score (nSPS) is 49.9. The van der Waals surface area contributed by atoms with Crippen molar-refractivity contribution in [2.75, 3.05) is 0 Å². The highest BCUT2D eigenvalue weighted by Gasteiger charge is 2.69. The van der Waals surface area contributed by atoms with Crippen LogP contribution in [0.3, 0.4) is 0 Å². The van der Waals surface area contributed by atoms with E-state index in [2.05, 4.69) is 41.5 Å². The second-order valence-electron chi connectivity index (χ2n) is 7.14. The molecule has 0 radical (unpaired) electrons. The van der Waals surface area contributed by atoms with E-state index in [1.807, 2.05) is 0 Å². The molecule has 3 saturated carbocycles. The molecule has 94 valence electrons. The van der Waals surface area contributed by atoms with Crippen LogP contribution >= 0.6 is 0 Å². The molecule has 0 aromatic rings. The Labute approximate surface area is 102 Å². The van der Waals surface area contributed by atoms with E-state index in [1.165, 1.54) is 25.7 Å². The Morgan fingerprint density at radius 1 is 1.19 bits per heavy atom. The first-order chi connectivity index (χ1) is 7.42. The summed E-state index contributed by atoms with van der Waals surface area (Å²) >= 11 is 0. The minimum atomic E-state index is 0.681. The van der Waals surface area contributed by atoms with Crippen molar-refractivity contribution in [3.63, 3.8) is 0 Å². The fourth-order valence-corrected chi connectivity index (χ4v) is 5.46. The molecule has 0 aromatic carbocycles. The first-order valence-corrected chi connectivity index (χ1v) is 7.42. The molecule has 6 unspecified atom stereocenters. The van der Waals surface area contributed by atoms with Crippen molar-refractivity contribution in [2.24, 2.45) is 34.5 Å². The standard InChI is InChI=1S/C16H30/c1-7-11(3)14(8-2)16-9-12(4)15(6,10-16)13(16)5/h11-14H,7-10H2,1-6H3. The summed E-state index contributed by atoms with van der Waals surface area (Å²) in [5.41, 5.74) is 1.40. The maximum atomic E-state index is 2.54. The molecule has 0 amide bonds. The van der Waals surface area contributed by atoms with Gasteiger partial charge in [-0.25, -0.2) is 0 Å². The first kappa shape index (κ1) is 12.5. The second kappa shape index (κ2) is 3.75. The summed E-state index contributed by atoms with van der Waals surface area (Å²) in [6.07, 6.45) is 5.78.